The molecule has 1 fully saturated rings. The Balaban J connectivity index is 1.16. The van der Waals surface area contributed by atoms with Crippen LogP contribution < -0.4 is 15.0 Å². The number of carbonyl (C=O) groups excluding carboxylic acids is 1. The topological polar surface area (TPSA) is 123 Å². The molecule has 6 rings (SSSR count). The van der Waals surface area contributed by atoms with E-state index in [4.69, 9.17) is 14.5 Å². The quantitative estimate of drug-likeness (QED) is 0.307. The van der Waals surface area contributed by atoms with Crippen LogP contribution in [0.2, 0.25) is 0 Å². The number of aromatic nitrogens is 6. The van der Waals surface area contributed by atoms with Crippen LogP contribution in [-0.2, 0) is 11.8 Å². The maximum absolute atomic E-state index is 15.1. The van der Waals surface area contributed by atoms with E-state index in [0.29, 0.717) is 60.4 Å². The summed E-state index contributed by atoms with van der Waals surface area (Å²) in [6.45, 7) is 7.59. The predicted octanol–water partition coefficient (Wildman–Crippen LogP) is 5.04. The van der Waals surface area contributed by atoms with E-state index in [2.05, 4.69) is 25.3 Å². The molecule has 0 atom stereocenters. The molecule has 12 nitrogen and oxygen atoms in total. The largest absolute Gasteiger partial charge is 0.454 e. The summed E-state index contributed by atoms with van der Waals surface area (Å²) in [5, 5.41) is 3.14. The number of piperazine rings is 1. The lowest BCUT2D eigenvalue weighted by molar-refractivity contribution is 0.0240. The number of nitrogens with zero attached hydrogens (tertiary/aromatic N) is 8. The highest BCUT2D eigenvalue weighted by Gasteiger charge is 2.27. The third kappa shape index (κ3) is 5.71. The molecule has 0 saturated carbocycles. The molecule has 42 heavy (non-hydrogen) atoms. The van der Waals surface area contributed by atoms with Crippen LogP contribution in [0.1, 0.15) is 20.8 Å². The molecular formula is C29H30FN9O3. The average Bonchev–Trinajstić information content (AvgIpc) is 3.33. The minimum Gasteiger partial charge on any atom is -0.454 e. The van der Waals surface area contributed by atoms with Gasteiger partial charge in [0, 0.05) is 51.0 Å². The molecule has 0 unspecified atom stereocenters. The predicted molar refractivity (Wildman–Crippen MR) is 156 cm³/mol. The average molecular weight is 572 g/mol. The van der Waals surface area contributed by atoms with Crippen molar-refractivity contribution in [2.24, 2.45) is 7.05 Å². The lowest BCUT2D eigenvalue weighted by Crippen LogP contribution is -2.50. The van der Waals surface area contributed by atoms with E-state index in [-0.39, 0.29) is 11.8 Å². The highest BCUT2D eigenvalue weighted by molar-refractivity contribution is 5.87. The van der Waals surface area contributed by atoms with Crippen molar-refractivity contribution in [2.45, 2.75) is 26.4 Å². The van der Waals surface area contributed by atoms with E-state index in [1.165, 1.54) is 12.4 Å². The number of hydrogen-bond donors (Lipinski definition) is 1. The number of ether oxygens (including phenoxy) is 2. The summed E-state index contributed by atoms with van der Waals surface area (Å²) < 4.78 is 28.2. The van der Waals surface area contributed by atoms with Crippen LogP contribution >= 0.6 is 0 Å². The van der Waals surface area contributed by atoms with E-state index in [0.717, 1.165) is 11.0 Å². The molecule has 0 bridgehead atoms. The molecule has 5 aromatic rings. The van der Waals surface area contributed by atoms with Crippen molar-refractivity contribution in [1.29, 1.82) is 0 Å². The van der Waals surface area contributed by atoms with Gasteiger partial charge in [-0.15, -0.1) is 0 Å². The fourth-order valence-electron chi connectivity index (χ4n) is 4.61. The first-order valence-corrected chi connectivity index (χ1v) is 13.5. The van der Waals surface area contributed by atoms with Gasteiger partial charge in [0.05, 0.1) is 23.6 Å². The van der Waals surface area contributed by atoms with Crippen LogP contribution in [0, 0.1) is 5.82 Å². The van der Waals surface area contributed by atoms with Crippen LogP contribution in [0.4, 0.5) is 26.6 Å². The van der Waals surface area contributed by atoms with E-state index in [1.54, 1.807) is 41.7 Å². The second-order valence-corrected chi connectivity index (χ2v) is 11.0. The van der Waals surface area contributed by atoms with Gasteiger partial charge in [0.1, 0.15) is 28.7 Å². The van der Waals surface area contributed by atoms with Crippen LogP contribution in [-0.4, -0.2) is 72.3 Å². The Morgan fingerprint density at radius 2 is 1.79 bits per heavy atom. The van der Waals surface area contributed by atoms with Gasteiger partial charge >= 0.3 is 6.09 Å². The second-order valence-electron chi connectivity index (χ2n) is 11.0. The number of anilines is 3. The molecule has 13 heteroatoms. The first kappa shape index (κ1) is 27.1. The summed E-state index contributed by atoms with van der Waals surface area (Å²) in [6, 6.07) is 10.0. The van der Waals surface area contributed by atoms with E-state index < -0.39 is 11.4 Å². The fraction of sp³-hybridized carbons (Fsp3) is 0.310. The number of fused-ring (bicyclic) bond motifs is 2. The van der Waals surface area contributed by atoms with Gasteiger partial charge in [-0.1, -0.05) is 0 Å². The number of halogens is 1. The highest BCUT2D eigenvalue weighted by atomic mass is 19.1. The molecule has 3 aromatic heterocycles. The Labute approximate surface area is 241 Å². The van der Waals surface area contributed by atoms with E-state index in [1.807, 2.05) is 43.4 Å². The molecule has 1 saturated heterocycles. The van der Waals surface area contributed by atoms with E-state index >= 15 is 4.39 Å². The van der Waals surface area contributed by atoms with Crippen molar-refractivity contribution in [2.75, 3.05) is 36.4 Å². The first-order chi connectivity index (χ1) is 20.1. The molecule has 2 aromatic carbocycles. The summed E-state index contributed by atoms with van der Waals surface area (Å²) in [5.41, 5.74) is 2.65. The minimum atomic E-state index is -0.551. The highest BCUT2D eigenvalue weighted by Crippen LogP contribution is 2.30. The molecule has 216 valence electrons. The number of imidazole rings is 1. The van der Waals surface area contributed by atoms with Gasteiger partial charge in [-0.2, -0.15) is 0 Å². The van der Waals surface area contributed by atoms with Crippen molar-refractivity contribution in [3.8, 4) is 11.5 Å². The maximum atomic E-state index is 15.1. The molecule has 4 heterocycles. The lowest BCUT2D eigenvalue weighted by atomic mass is 10.2. The zero-order valence-corrected chi connectivity index (χ0v) is 23.7. The normalized spacial score (nSPS) is 13.9. The van der Waals surface area contributed by atoms with Crippen LogP contribution in [0.5, 0.6) is 11.5 Å². The number of nitrogens with one attached hydrogen (secondary N) is 1. The third-order valence-electron chi connectivity index (χ3n) is 6.70. The van der Waals surface area contributed by atoms with Gasteiger partial charge in [-0.05, 0) is 45.0 Å². The Hall–Kier alpha value is -5.07. The van der Waals surface area contributed by atoms with Crippen molar-refractivity contribution < 1.29 is 18.7 Å². The summed E-state index contributed by atoms with van der Waals surface area (Å²) in [6.07, 6.45) is 4.40. The lowest BCUT2D eigenvalue weighted by Gasteiger charge is -2.35. The number of benzene rings is 2. The summed E-state index contributed by atoms with van der Waals surface area (Å²) in [4.78, 5) is 38.2. The molecule has 0 radical (unpaired) electrons. The zero-order chi connectivity index (χ0) is 29.4. The summed E-state index contributed by atoms with van der Waals surface area (Å²) in [5.74, 6) is 0.920. The molecule has 1 N–H and O–H groups in total. The Bertz CT molecular complexity index is 1780. The third-order valence-corrected chi connectivity index (χ3v) is 6.70. The zero-order valence-electron chi connectivity index (χ0n) is 23.7. The van der Waals surface area contributed by atoms with Crippen molar-refractivity contribution in [1.82, 2.24) is 34.4 Å². The summed E-state index contributed by atoms with van der Waals surface area (Å²) >= 11 is 0. The SMILES string of the molecule is Cn1cnc2cc(Oc3ccc(Nc4ncnc5cnc(N6CCN(C(=O)OC(C)(C)C)CC6)nc45)cc3F)ccc21. The number of amides is 1. The summed E-state index contributed by atoms with van der Waals surface area (Å²) in [7, 11) is 1.91. The number of aryl methyl sites for hydroxylation is 1. The molecular weight excluding hydrogens is 541 g/mol. The van der Waals surface area contributed by atoms with Crippen molar-refractivity contribution in [3.05, 3.63) is 61.1 Å². The van der Waals surface area contributed by atoms with Crippen LogP contribution in [0.15, 0.2) is 55.2 Å². The van der Waals surface area contributed by atoms with Gasteiger partial charge in [0.15, 0.2) is 17.4 Å². The van der Waals surface area contributed by atoms with Gasteiger partial charge in [-0.25, -0.2) is 34.1 Å². The van der Waals surface area contributed by atoms with Crippen LogP contribution in [0.3, 0.4) is 0 Å². The number of carbonyl (C=O) groups is 1. The fourth-order valence-corrected chi connectivity index (χ4v) is 4.61. The van der Waals surface area contributed by atoms with Gasteiger partial charge in [-0.3, -0.25) is 0 Å². The van der Waals surface area contributed by atoms with Gasteiger partial charge < -0.3 is 29.2 Å². The molecule has 0 spiro atoms. The smallest absolute Gasteiger partial charge is 0.410 e. The minimum absolute atomic E-state index is 0.0820. The van der Waals surface area contributed by atoms with Gasteiger partial charge in [0.2, 0.25) is 5.95 Å². The Morgan fingerprint density at radius 3 is 2.55 bits per heavy atom. The number of hydrogen-bond acceptors (Lipinski definition) is 10. The number of rotatable bonds is 5. The molecule has 1 aliphatic rings. The maximum Gasteiger partial charge on any atom is 0.410 e. The molecule has 1 amide bonds. The molecule has 1 aliphatic heterocycles. The van der Waals surface area contributed by atoms with Crippen molar-refractivity contribution in [3.63, 3.8) is 0 Å². The van der Waals surface area contributed by atoms with E-state index in [9.17, 15) is 4.79 Å². The van der Waals surface area contributed by atoms with Crippen molar-refractivity contribution >= 4 is 45.6 Å². The first-order valence-electron chi connectivity index (χ1n) is 13.5. The standard InChI is InChI=1S/C29H30FN9O3/c1-29(2,3)42-28(40)39-11-9-38(10-12-39)27-31-15-22-25(36-27)26(33-16-32-22)35-18-5-8-24(20(30)13-18)41-19-6-7-23-21(14-19)34-17-37(23)4/h5-8,13-17H,9-12H2,1-4H3,(H,32,33,35). The Kier molecular flexibility index (Phi) is 6.93. The monoisotopic (exact) mass is 571 g/mol. The van der Waals surface area contributed by atoms with Gasteiger partial charge in [0.25, 0.3) is 0 Å². The molecule has 0 aliphatic carbocycles. The Morgan fingerprint density at radius 1 is 0.976 bits per heavy atom. The van der Waals surface area contributed by atoms with Crippen LogP contribution in [0.25, 0.3) is 22.1 Å². The second kappa shape index (κ2) is 10.7.